The third-order valence-electron chi connectivity index (χ3n) is 1.08. The molecule has 0 aliphatic heterocycles. The summed E-state index contributed by atoms with van der Waals surface area (Å²) < 4.78 is 56.3. The molecule has 0 spiro atoms. The van der Waals surface area contributed by atoms with E-state index >= 15 is 0 Å². The number of nitrogens with two attached hydrogens (primary N) is 1. The molecule has 5 N–H and O–H groups in total. The Bertz CT molecular complexity index is 415. The largest absolute Gasteiger partial charge is 0.394 e. The molecule has 0 unspecified atom stereocenters. The van der Waals surface area contributed by atoms with Crippen molar-refractivity contribution >= 4 is 16.1 Å². The van der Waals surface area contributed by atoms with Crippen LogP contribution in [0.2, 0.25) is 0 Å². The summed E-state index contributed by atoms with van der Waals surface area (Å²) in [5.74, 6) is 3.78. The Hall–Kier alpha value is -1.29. The molecule has 15 heavy (non-hydrogen) atoms. The molecule has 0 atom stereocenters. The number of hydrazine groups is 1. The van der Waals surface area contributed by atoms with Gasteiger partial charge in [0.1, 0.15) is 11.6 Å². The van der Waals surface area contributed by atoms with Crippen LogP contribution in [0.1, 0.15) is 0 Å². The second-order valence-electron chi connectivity index (χ2n) is 2.22. The maximum atomic E-state index is 12.5. The zero-order valence-corrected chi connectivity index (χ0v) is 8.00. The van der Waals surface area contributed by atoms with Crippen LogP contribution in [0.25, 0.3) is 0 Å². The number of nitrogens with one attached hydrogen (secondary N) is 1. The number of anilines is 1. The Kier molecular flexibility index (Phi) is 5.08. The fourth-order valence-corrected chi connectivity index (χ4v) is 0.608. The van der Waals surface area contributed by atoms with Crippen molar-refractivity contribution in [1.29, 1.82) is 0 Å². The van der Waals surface area contributed by atoms with Crippen molar-refractivity contribution in [3.8, 4) is 0 Å². The quantitative estimate of drug-likeness (QED) is 0.326. The third kappa shape index (κ3) is 7.76. The van der Waals surface area contributed by atoms with Crippen molar-refractivity contribution in [3.05, 3.63) is 29.8 Å². The standard InChI is InChI=1S/C6H6F2N2.H2O4S/c7-4-1-2-5(8)6(3-4)10-9;1-5(2,3)4/h1-3,10H,9H2;(H2,1,2,3,4). The van der Waals surface area contributed by atoms with Gasteiger partial charge in [-0.3, -0.25) is 14.9 Å². The second kappa shape index (κ2) is 5.56. The number of hydrogen-bond donors (Lipinski definition) is 4. The van der Waals surface area contributed by atoms with Crippen molar-refractivity contribution in [2.45, 2.75) is 0 Å². The third-order valence-corrected chi connectivity index (χ3v) is 1.08. The molecule has 0 saturated heterocycles. The first kappa shape index (κ1) is 13.7. The molecule has 0 aliphatic carbocycles. The minimum Gasteiger partial charge on any atom is -0.321 e. The molecule has 0 bridgehead atoms. The minimum absolute atomic E-state index is 0.0417. The topological polar surface area (TPSA) is 113 Å². The van der Waals surface area contributed by atoms with Gasteiger partial charge in [0.25, 0.3) is 0 Å². The summed E-state index contributed by atoms with van der Waals surface area (Å²) in [4.78, 5) is 0. The van der Waals surface area contributed by atoms with E-state index in [1.165, 1.54) is 0 Å². The SMILES string of the molecule is NNc1cc(F)ccc1F.O=S(=O)(O)O. The predicted octanol–water partition coefficient (Wildman–Crippen LogP) is 0.598. The fourth-order valence-electron chi connectivity index (χ4n) is 0.608. The summed E-state index contributed by atoms with van der Waals surface area (Å²) in [7, 11) is -4.67. The average molecular weight is 242 g/mol. The van der Waals surface area contributed by atoms with Crippen LogP contribution < -0.4 is 11.3 Å². The lowest BCUT2D eigenvalue weighted by molar-refractivity contribution is 0.381. The van der Waals surface area contributed by atoms with Crippen molar-refractivity contribution in [1.82, 2.24) is 0 Å². The fraction of sp³-hybridized carbons (Fsp3) is 0. The highest BCUT2D eigenvalue weighted by Gasteiger charge is 1.99. The average Bonchev–Trinajstić information content (AvgIpc) is 2.06. The van der Waals surface area contributed by atoms with Gasteiger partial charge in [-0.15, -0.1) is 0 Å². The second-order valence-corrected chi connectivity index (χ2v) is 3.11. The normalized spacial score (nSPS) is 10.2. The van der Waals surface area contributed by atoms with Gasteiger partial charge >= 0.3 is 10.4 Å². The molecule has 0 aliphatic rings. The summed E-state index contributed by atoms with van der Waals surface area (Å²) in [6.07, 6.45) is 0. The van der Waals surface area contributed by atoms with Crippen LogP contribution in [0.5, 0.6) is 0 Å². The van der Waals surface area contributed by atoms with Gasteiger partial charge in [0, 0.05) is 6.07 Å². The van der Waals surface area contributed by atoms with Crippen LogP contribution in [-0.2, 0) is 10.4 Å². The van der Waals surface area contributed by atoms with E-state index in [0.717, 1.165) is 18.2 Å². The molecule has 9 heteroatoms. The molecule has 0 radical (unpaired) electrons. The van der Waals surface area contributed by atoms with Crippen molar-refractivity contribution in [2.75, 3.05) is 5.43 Å². The first-order valence-corrected chi connectivity index (χ1v) is 4.75. The highest BCUT2D eigenvalue weighted by Crippen LogP contribution is 2.12. The summed E-state index contributed by atoms with van der Waals surface area (Å²) >= 11 is 0. The Morgan fingerprint density at radius 1 is 1.27 bits per heavy atom. The van der Waals surface area contributed by atoms with E-state index < -0.39 is 22.0 Å². The van der Waals surface area contributed by atoms with Crippen molar-refractivity contribution in [3.63, 3.8) is 0 Å². The van der Waals surface area contributed by atoms with Gasteiger partial charge in [0.15, 0.2) is 0 Å². The van der Waals surface area contributed by atoms with Gasteiger partial charge in [-0.05, 0) is 12.1 Å². The van der Waals surface area contributed by atoms with E-state index in [-0.39, 0.29) is 5.69 Å². The van der Waals surface area contributed by atoms with E-state index in [4.69, 9.17) is 23.4 Å². The summed E-state index contributed by atoms with van der Waals surface area (Å²) in [5, 5.41) is 0. The molecule has 0 fully saturated rings. The monoisotopic (exact) mass is 242 g/mol. The Balaban J connectivity index is 0.000000336. The predicted molar refractivity (Wildman–Crippen MR) is 48.3 cm³/mol. The molecule has 0 amide bonds. The van der Waals surface area contributed by atoms with E-state index in [1.54, 1.807) is 0 Å². The number of halogens is 2. The zero-order valence-electron chi connectivity index (χ0n) is 7.18. The van der Waals surface area contributed by atoms with E-state index in [1.807, 2.05) is 5.43 Å². The molecule has 86 valence electrons. The maximum Gasteiger partial charge on any atom is 0.394 e. The molecule has 6 nitrogen and oxygen atoms in total. The molecule has 1 aromatic carbocycles. The lowest BCUT2D eigenvalue weighted by Crippen LogP contribution is -2.08. The number of hydrogen-bond acceptors (Lipinski definition) is 4. The van der Waals surface area contributed by atoms with Gasteiger partial charge < -0.3 is 5.43 Å². The highest BCUT2D eigenvalue weighted by atomic mass is 32.3. The van der Waals surface area contributed by atoms with Gasteiger partial charge in [-0.2, -0.15) is 8.42 Å². The van der Waals surface area contributed by atoms with E-state index in [0.29, 0.717) is 0 Å². The minimum atomic E-state index is -4.67. The van der Waals surface area contributed by atoms with Gasteiger partial charge in [0.05, 0.1) is 5.69 Å². The highest BCUT2D eigenvalue weighted by molar-refractivity contribution is 7.79. The zero-order chi connectivity index (χ0) is 12.1. The number of benzene rings is 1. The van der Waals surface area contributed by atoms with Gasteiger partial charge in [-0.1, -0.05) is 0 Å². The van der Waals surface area contributed by atoms with Crippen LogP contribution >= 0.6 is 0 Å². The molecule has 1 rings (SSSR count). The summed E-state index contributed by atoms with van der Waals surface area (Å²) in [5.41, 5.74) is 1.98. The lowest BCUT2D eigenvalue weighted by Gasteiger charge is -1.99. The van der Waals surface area contributed by atoms with Crippen molar-refractivity contribution < 1.29 is 26.3 Å². The summed E-state index contributed by atoms with van der Waals surface area (Å²) in [6, 6.07) is 3.01. The first-order chi connectivity index (χ1) is 6.74. The van der Waals surface area contributed by atoms with Crippen LogP contribution in [0.3, 0.4) is 0 Å². The lowest BCUT2D eigenvalue weighted by atomic mass is 10.3. The molecule has 0 heterocycles. The van der Waals surface area contributed by atoms with Crippen LogP contribution in [0, 0.1) is 11.6 Å². The summed E-state index contributed by atoms with van der Waals surface area (Å²) in [6.45, 7) is 0. The van der Waals surface area contributed by atoms with E-state index in [2.05, 4.69) is 0 Å². The molecule has 0 aromatic heterocycles. The Labute approximate surface area is 84.3 Å². The Morgan fingerprint density at radius 3 is 2.07 bits per heavy atom. The molecular weight excluding hydrogens is 234 g/mol. The maximum absolute atomic E-state index is 12.5. The smallest absolute Gasteiger partial charge is 0.321 e. The van der Waals surface area contributed by atoms with Crippen molar-refractivity contribution in [2.24, 2.45) is 5.84 Å². The van der Waals surface area contributed by atoms with Crippen LogP contribution in [-0.4, -0.2) is 17.5 Å². The van der Waals surface area contributed by atoms with Crippen LogP contribution in [0.15, 0.2) is 18.2 Å². The first-order valence-electron chi connectivity index (χ1n) is 3.35. The molecular formula is C6H8F2N2O4S. The van der Waals surface area contributed by atoms with Gasteiger partial charge in [0.2, 0.25) is 0 Å². The number of nitrogen functional groups attached to an aromatic ring is 1. The van der Waals surface area contributed by atoms with Crippen LogP contribution in [0.4, 0.5) is 14.5 Å². The van der Waals surface area contributed by atoms with Gasteiger partial charge in [-0.25, -0.2) is 8.78 Å². The Morgan fingerprint density at radius 2 is 1.73 bits per heavy atom. The molecule has 1 aromatic rings. The molecule has 0 saturated carbocycles. The van der Waals surface area contributed by atoms with E-state index in [9.17, 15) is 8.78 Å². The number of rotatable bonds is 1.